The van der Waals surface area contributed by atoms with E-state index in [1.807, 2.05) is 0 Å². The molecule has 0 saturated carbocycles. The van der Waals surface area contributed by atoms with Crippen LogP contribution in [0.5, 0.6) is 0 Å². The molecular weight excluding hydrogens is 228 g/mol. The summed E-state index contributed by atoms with van der Waals surface area (Å²) in [6.45, 7) is -1.36. The molecule has 0 spiro atoms. The maximum Gasteiger partial charge on any atom is 0.324 e. The Balaban J connectivity index is 2.39. The second kappa shape index (κ2) is 4.82. The van der Waals surface area contributed by atoms with Gasteiger partial charge in [0.2, 0.25) is 5.91 Å². The lowest BCUT2D eigenvalue weighted by Crippen LogP contribution is -2.43. The van der Waals surface area contributed by atoms with Crippen LogP contribution in [0.15, 0.2) is 12.2 Å². The van der Waals surface area contributed by atoms with E-state index in [1.54, 1.807) is 11.4 Å². The third-order valence-electron chi connectivity index (χ3n) is 2.27. The van der Waals surface area contributed by atoms with Gasteiger partial charge in [0.1, 0.15) is 0 Å². The number of carbonyl (C=O) groups is 1. The molecule has 0 fully saturated rings. The predicted molar refractivity (Wildman–Crippen MR) is 49.2 cm³/mol. The normalized spacial score (nSPS) is 25.1. The Morgan fingerprint density at radius 1 is 1.50 bits per heavy atom. The number of nitrogens with one attached hydrogen (secondary N) is 1. The molecule has 1 aliphatic carbocycles. The quantitative estimate of drug-likeness (QED) is 0.566. The first kappa shape index (κ1) is 13.0. The number of rotatable bonds is 4. The largest absolute Gasteiger partial charge is 0.349 e. The van der Waals surface area contributed by atoms with E-state index in [-0.39, 0.29) is 6.04 Å². The molecule has 0 aromatic heterocycles. The number of carbonyl (C=O) groups excluding carboxylic acids is 1. The van der Waals surface area contributed by atoms with Gasteiger partial charge in [-0.2, -0.15) is 8.78 Å². The van der Waals surface area contributed by atoms with Crippen LogP contribution in [0.2, 0.25) is 0 Å². The molecule has 92 valence electrons. The van der Waals surface area contributed by atoms with Crippen molar-refractivity contribution in [3.63, 3.8) is 0 Å². The summed E-state index contributed by atoms with van der Waals surface area (Å²) in [4.78, 5) is 11.3. The van der Waals surface area contributed by atoms with Gasteiger partial charge in [-0.05, 0) is 6.42 Å². The lowest BCUT2D eigenvalue weighted by molar-refractivity contribution is -0.137. The Morgan fingerprint density at radius 2 is 2.12 bits per heavy atom. The molecule has 0 aromatic carbocycles. The molecule has 3 nitrogen and oxygen atoms in total. The molecule has 0 aromatic rings. The number of amides is 1. The van der Waals surface area contributed by atoms with Gasteiger partial charge in [-0.3, -0.25) is 4.79 Å². The zero-order chi connectivity index (χ0) is 12.3. The molecular formula is C9H12F4N2O. The molecule has 0 heterocycles. The van der Waals surface area contributed by atoms with Crippen molar-refractivity contribution in [3.8, 4) is 0 Å². The fraction of sp³-hybridized carbons (Fsp3) is 0.667. The van der Waals surface area contributed by atoms with Crippen molar-refractivity contribution in [2.24, 2.45) is 11.7 Å². The number of alkyl halides is 4. The Hall–Kier alpha value is -1.11. The van der Waals surface area contributed by atoms with Crippen molar-refractivity contribution < 1.29 is 22.4 Å². The standard InChI is InChI=1S/C9H12F4N2O/c10-8(11)9(12,13)4-15-7(16)5-1-2-6(14)3-5/h1-2,5-6,8H,3-4,14H2,(H,15,16). The maximum atomic E-state index is 12.5. The number of hydrogen-bond donors (Lipinski definition) is 2. The summed E-state index contributed by atoms with van der Waals surface area (Å²) < 4.78 is 48.5. The summed E-state index contributed by atoms with van der Waals surface area (Å²) in [5, 5.41) is 1.79. The smallest absolute Gasteiger partial charge is 0.324 e. The first-order chi connectivity index (χ1) is 7.33. The molecule has 2 atom stereocenters. The van der Waals surface area contributed by atoms with E-state index in [1.165, 1.54) is 6.08 Å². The lowest BCUT2D eigenvalue weighted by atomic mass is 10.1. The van der Waals surface area contributed by atoms with E-state index in [9.17, 15) is 22.4 Å². The highest BCUT2D eigenvalue weighted by atomic mass is 19.3. The van der Waals surface area contributed by atoms with Crippen LogP contribution in [0.1, 0.15) is 6.42 Å². The summed E-state index contributed by atoms with van der Waals surface area (Å²) in [7, 11) is 0. The zero-order valence-corrected chi connectivity index (χ0v) is 8.30. The van der Waals surface area contributed by atoms with Gasteiger partial charge < -0.3 is 11.1 Å². The topological polar surface area (TPSA) is 55.1 Å². The van der Waals surface area contributed by atoms with E-state index in [4.69, 9.17) is 5.73 Å². The highest BCUT2D eigenvalue weighted by Gasteiger charge is 2.41. The number of halogens is 4. The van der Waals surface area contributed by atoms with Gasteiger partial charge in [0, 0.05) is 6.04 Å². The van der Waals surface area contributed by atoms with E-state index >= 15 is 0 Å². The van der Waals surface area contributed by atoms with Crippen LogP contribution in [0, 0.1) is 5.92 Å². The molecule has 16 heavy (non-hydrogen) atoms. The Labute approximate surface area is 89.7 Å². The van der Waals surface area contributed by atoms with E-state index in [0.29, 0.717) is 6.42 Å². The molecule has 0 radical (unpaired) electrons. The number of hydrogen-bond acceptors (Lipinski definition) is 2. The SMILES string of the molecule is NC1C=CC(C(=O)NCC(F)(F)C(F)F)C1. The van der Waals surface area contributed by atoms with Gasteiger partial charge in [-0.25, -0.2) is 8.78 Å². The van der Waals surface area contributed by atoms with Crippen molar-refractivity contribution in [3.05, 3.63) is 12.2 Å². The molecule has 0 bridgehead atoms. The Morgan fingerprint density at radius 3 is 2.56 bits per heavy atom. The minimum absolute atomic E-state index is 0.286. The molecule has 0 saturated heterocycles. The summed E-state index contributed by atoms with van der Waals surface area (Å²) >= 11 is 0. The van der Waals surface area contributed by atoms with Gasteiger partial charge in [0.15, 0.2) is 0 Å². The predicted octanol–water partition coefficient (Wildman–Crippen LogP) is 0.906. The summed E-state index contributed by atoms with van der Waals surface area (Å²) in [6.07, 6.45) is -0.406. The minimum Gasteiger partial charge on any atom is -0.349 e. The Kier molecular flexibility index (Phi) is 3.90. The molecule has 7 heteroatoms. The van der Waals surface area contributed by atoms with E-state index in [2.05, 4.69) is 0 Å². The fourth-order valence-corrected chi connectivity index (χ4v) is 1.33. The van der Waals surface area contributed by atoms with Crippen molar-refractivity contribution in [2.75, 3.05) is 6.54 Å². The van der Waals surface area contributed by atoms with Crippen LogP contribution in [0.4, 0.5) is 17.6 Å². The fourth-order valence-electron chi connectivity index (χ4n) is 1.33. The molecule has 0 aliphatic heterocycles. The van der Waals surface area contributed by atoms with Crippen molar-refractivity contribution >= 4 is 5.91 Å². The first-order valence-electron chi connectivity index (χ1n) is 4.70. The van der Waals surface area contributed by atoms with Crippen LogP contribution in [0.3, 0.4) is 0 Å². The van der Waals surface area contributed by atoms with E-state index < -0.39 is 30.7 Å². The van der Waals surface area contributed by atoms with Gasteiger partial charge in [-0.1, -0.05) is 12.2 Å². The summed E-state index contributed by atoms with van der Waals surface area (Å²) in [6, 6.07) is -0.286. The molecule has 1 rings (SSSR count). The molecule has 3 N–H and O–H groups in total. The molecule has 1 aliphatic rings. The van der Waals surface area contributed by atoms with Crippen LogP contribution in [-0.4, -0.2) is 30.8 Å². The van der Waals surface area contributed by atoms with Gasteiger partial charge in [0.05, 0.1) is 12.5 Å². The first-order valence-corrected chi connectivity index (χ1v) is 4.70. The van der Waals surface area contributed by atoms with Crippen LogP contribution in [-0.2, 0) is 4.79 Å². The average Bonchev–Trinajstić information content (AvgIpc) is 2.61. The lowest BCUT2D eigenvalue weighted by Gasteiger charge is -2.17. The number of nitrogens with two attached hydrogens (primary N) is 1. The third-order valence-corrected chi connectivity index (χ3v) is 2.27. The van der Waals surface area contributed by atoms with Gasteiger partial charge >= 0.3 is 12.3 Å². The highest BCUT2D eigenvalue weighted by Crippen LogP contribution is 2.22. The highest BCUT2D eigenvalue weighted by molar-refractivity contribution is 5.81. The minimum atomic E-state index is -4.19. The van der Waals surface area contributed by atoms with Crippen LogP contribution in [0.25, 0.3) is 0 Å². The maximum absolute atomic E-state index is 12.5. The van der Waals surface area contributed by atoms with Gasteiger partial charge in [0.25, 0.3) is 0 Å². The third kappa shape index (κ3) is 3.19. The van der Waals surface area contributed by atoms with Crippen molar-refractivity contribution in [2.45, 2.75) is 24.8 Å². The van der Waals surface area contributed by atoms with Crippen LogP contribution < -0.4 is 11.1 Å². The van der Waals surface area contributed by atoms with Crippen molar-refractivity contribution in [1.82, 2.24) is 5.32 Å². The second-order valence-corrected chi connectivity index (χ2v) is 3.67. The van der Waals surface area contributed by atoms with Gasteiger partial charge in [-0.15, -0.1) is 0 Å². The molecule has 1 amide bonds. The van der Waals surface area contributed by atoms with Crippen molar-refractivity contribution in [1.29, 1.82) is 0 Å². The van der Waals surface area contributed by atoms with E-state index in [0.717, 1.165) is 0 Å². The Bertz CT molecular complexity index is 293. The van der Waals surface area contributed by atoms with Crippen LogP contribution >= 0.6 is 0 Å². The zero-order valence-electron chi connectivity index (χ0n) is 8.30. The summed E-state index contributed by atoms with van der Waals surface area (Å²) in [5.41, 5.74) is 5.46. The monoisotopic (exact) mass is 240 g/mol. The second-order valence-electron chi connectivity index (χ2n) is 3.67. The molecule has 2 unspecified atom stereocenters. The summed E-state index contributed by atoms with van der Waals surface area (Å²) in [5.74, 6) is -5.51. The average molecular weight is 240 g/mol.